The number of benzene rings is 1. The van der Waals surface area contributed by atoms with Crippen LogP contribution in [0.25, 0.3) is 0 Å². The highest BCUT2D eigenvalue weighted by Crippen LogP contribution is 2.35. The average Bonchev–Trinajstić information content (AvgIpc) is 2.83. The van der Waals surface area contributed by atoms with Crippen molar-refractivity contribution in [1.29, 1.82) is 0 Å². The van der Waals surface area contributed by atoms with E-state index >= 15 is 0 Å². The molecule has 2 rings (SSSR count). The Kier molecular flexibility index (Phi) is 5.17. The van der Waals surface area contributed by atoms with E-state index in [1.807, 2.05) is 6.07 Å². The monoisotopic (exact) mass is 278 g/mol. The molecule has 1 saturated heterocycles. The summed E-state index contributed by atoms with van der Waals surface area (Å²) in [6.45, 7) is 5.97. The molecule has 1 aliphatic rings. The van der Waals surface area contributed by atoms with Crippen molar-refractivity contribution < 1.29 is 4.39 Å². The smallest absolute Gasteiger partial charge is 0.127 e. The van der Waals surface area contributed by atoms with Gasteiger partial charge in [0.15, 0.2) is 0 Å². The van der Waals surface area contributed by atoms with E-state index in [0.717, 1.165) is 43.5 Å². The third-order valence-electron chi connectivity index (χ3n) is 4.80. The van der Waals surface area contributed by atoms with Gasteiger partial charge < -0.3 is 5.73 Å². The van der Waals surface area contributed by atoms with Crippen LogP contribution in [0, 0.1) is 11.7 Å². The second-order valence-corrected chi connectivity index (χ2v) is 6.09. The summed E-state index contributed by atoms with van der Waals surface area (Å²) in [5, 5.41) is 0. The van der Waals surface area contributed by atoms with Crippen LogP contribution in [0.4, 0.5) is 4.39 Å². The zero-order valence-electron chi connectivity index (χ0n) is 12.9. The fourth-order valence-corrected chi connectivity index (χ4v) is 3.48. The van der Waals surface area contributed by atoms with Gasteiger partial charge in [-0.15, -0.1) is 0 Å². The fraction of sp³-hybridized carbons (Fsp3) is 0.647. The molecule has 20 heavy (non-hydrogen) atoms. The maximum Gasteiger partial charge on any atom is 0.127 e. The molecule has 0 spiro atoms. The van der Waals surface area contributed by atoms with Crippen molar-refractivity contribution in [3.63, 3.8) is 0 Å². The Balaban J connectivity index is 2.21. The van der Waals surface area contributed by atoms with Crippen molar-refractivity contribution in [3.8, 4) is 0 Å². The van der Waals surface area contributed by atoms with Gasteiger partial charge >= 0.3 is 0 Å². The first-order valence-electron chi connectivity index (χ1n) is 7.80. The van der Waals surface area contributed by atoms with Gasteiger partial charge in [0.25, 0.3) is 0 Å². The quantitative estimate of drug-likeness (QED) is 0.890. The summed E-state index contributed by atoms with van der Waals surface area (Å²) >= 11 is 0. The molecule has 0 aromatic heterocycles. The van der Waals surface area contributed by atoms with Crippen LogP contribution < -0.4 is 5.73 Å². The zero-order chi connectivity index (χ0) is 14.7. The topological polar surface area (TPSA) is 29.3 Å². The van der Waals surface area contributed by atoms with Crippen LogP contribution in [0.2, 0.25) is 0 Å². The molecule has 1 heterocycles. The van der Waals surface area contributed by atoms with Gasteiger partial charge in [-0.3, -0.25) is 4.90 Å². The lowest BCUT2D eigenvalue weighted by Crippen LogP contribution is -2.20. The van der Waals surface area contributed by atoms with Gasteiger partial charge in [0.05, 0.1) is 0 Å². The van der Waals surface area contributed by atoms with Gasteiger partial charge in [0.2, 0.25) is 0 Å². The van der Waals surface area contributed by atoms with Crippen molar-refractivity contribution in [3.05, 3.63) is 35.1 Å². The highest BCUT2D eigenvalue weighted by molar-refractivity contribution is 5.29. The molecule has 0 radical (unpaired) electrons. The van der Waals surface area contributed by atoms with E-state index in [0.29, 0.717) is 17.9 Å². The molecule has 2 N–H and O–H groups in total. The van der Waals surface area contributed by atoms with Crippen molar-refractivity contribution in [2.45, 2.75) is 45.1 Å². The Morgan fingerprint density at radius 1 is 1.35 bits per heavy atom. The molecule has 1 aliphatic heterocycles. The Morgan fingerprint density at radius 3 is 2.55 bits per heavy atom. The van der Waals surface area contributed by atoms with Gasteiger partial charge in [-0.05, 0) is 61.9 Å². The first kappa shape index (κ1) is 15.5. The number of nitrogens with two attached hydrogens (primary N) is 1. The minimum Gasteiger partial charge on any atom is -0.330 e. The maximum atomic E-state index is 14.4. The van der Waals surface area contributed by atoms with E-state index in [-0.39, 0.29) is 5.82 Å². The molecule has 0 amide bonds. The van der Waals surface area contributed by atoms with Gasteiger partial charge in [-0.1, -0.05) is 26.0 Å². The van der Waals surface area contributed by atoms with Crippen molar-refractivity contribution in [1.82, 2.24) is 4.90 Å². The number of hydrogen-bond donors (Lipinski definition) is 1. The molecule has 2 nitrogen and oxygen atoms in total. The van der Waals surface area contributed by atoms with Crippen LogP contribution >= 0.6 is 0 Å². The molecule has 1 aromatic rings. The molecule has 2 atom stereocenters. The zero-order valence-corrected chi connectivity index (χ0v) is 12.9. The molecule has 3 heteroatoms. The van der Waals surface area contributed by atoms with E-state index in [9.17, 15) is 4.39 Å². The highest BCUT2D eigenvalue weighted by Gasteiger charge is 2.30. The third kappa shape index (κ3) is 3.04. The van der Waals surface area contributed by atoms with E-state index in [1.54, 1.807) is 6.07 Å². The maximum absolute atomic E-state index is 14.4. The standard InChI is InChI=1S/C17H27FN2/c1-4-13(5-2)15-7-6-14(9-16(15)18)17-8-12(10-19)11-20(17)3/h6-7,9,12-13,17H,4-5,8,10-11,19H2,1-3H3. The van der Waals surface area contributed by atoms with Gasteiger partial charge in [-0.2, -0.15) is 0 Å². The predicted octanol–water partition coefficient (Wildman–Crippen LogP) is 3.68. The summed E-state index contributed by atoms with van der Waals surface area (Å²) in [5.41, 5.74) is 7.73. The minimum absolute atomic E-state index is 0.0409. The van der Waals surface area contributed by atoms with Gasteiger partial charge in [0.1, 0.15) is 5.82 Å². The molecule has 2 unspecified atom stereocenters. The molecule has 1 fully saturated rings. The van der Waals surface area contributed by atoms with Crippen LogP contribution in [0.3, 0.4) is 0 Å². The Labute approximate surface area is 122 Å². The lowest BCUT2D eigenvalue weighted by molar-refractivity contribution is 0.313. The van der Waals surface area contributed by atoms with Crippen molar-refractivity contribution >= 4 is 0 Å². The van der Waals surface area contributed by atoms with Crippen LogP contribution in [0.5, 0.6) is 0 Å². The average molecular weight is 278 g/mol. The van der Waals surface area contributed by atoms with E-state index in [2.05, 4.69) is 31.9 Å². The molecular weight excluding hydrogens is 251 g/mol. The first-order valence-corrected chi connectivity index (χ1v) is 7.80. The summed E-state index contributed by atoms with van der Waals surface area (Å²) in [7, 11) is 2.10. The third-order valence-corrected chi connectivity index (χ3v) is 4.80. The van der Waals surface area contributed by atoms with Crippen molar-refractivity contribution in [2.24, 2.45) is 11.7 Å². The Bertz CT molecular complexity index is 443. The Morgan fingerprint density at radius 2 is 2.05 bits per heavy atom. The second-order valence-electron chi connectivity index (χ2n) is 6.09. The van der Waals surface area contributed by atoms with E-state index < -0.39 is 0 Å². The molecule has 1 aromatic carbocycles. The summed E-state index contributed by atoms with van der Waals surface area (Å²) < 4.78 is 14.4. The summed E-state index contributed by atoms with van der Waals surface area (Å²) in [6.07, 6.45) is 3.02. The molecule has 112 valence electrons. The summed E-state index contributed by atoms with van der Waals surface area (Å²) in [5.74, 6) is 0.828. The number of rotatable bonds is 5. The predicted molar refractivity (Wildman–Crippen MR) is 82.3 cm³/mol. The highest BCUT2D eigenvalue weighted by atomic mass is 19.1. The number of nitrogens with zero attached hydrogens (tertiary/aromatic N) is 1. The van der Waals surface area contributed by atoms with Crippen LogP contribution in [-0.4, -0.2) is 25.0 Å². The van der Waals surface area contributed by atoms with Crippen LogP contribution in [-0.2, 0) is 0 Å². The summed E-state index contributed by atoms with van der Waals surface area (Å²) in [4.78, 5) is 2.29. The first-order chi connectivity index (χ1) is 9.60. The van der Waals surface area contributed by atoms with Crippen LogP contribution in [0.1, 0.15) is 56.2 Å². The van der Waals surface area contributed by atoms with Gasteiger partial charge in [0, 0.05) is 12.6 Å². The SMILES string of the molecule is CCC(CC)c1ccc(C2CC(CN)CN2C)cc1F. The second kappa shape index (κ2) is 6.68. The number of likely N-dealkylation sites (tertiary alicyclic amines) is 1. The normalized spacial score (nSPS) is 23.7. The summed E-state index contributed by atoms with van der Waals surface area (Å²) in [6, 6.07) is 6.16. The fourth-order valence-electron chi connectivity index (χ4n) is 3.48. The van der Waals surface area contributed by atoms with Gasteiger partial charge in [-0.25, -0.2) is 4.39 Å². The van der Waals surface area contributed by atoms with Crippen molar-refractivity contribution in [2.75, 3.05) is 20.1 Å². The molecular formula is C17H27FN2. The largest absolute Gasteiger partial charge is 0.330 e. The number of hydrogen-bond acceptors (Lipinski definition) is 2. The van der Waals surface area contributed by atoms with E-state index in [1.165, 1.54) is 0 Å². The molecule has 0 aliphatic carbocycles. The lowest BCUT2D eigenvalue weighted by Gasteiger charge is -2.21. The molecule has 0 bridgehead atoms. The minimum atomic E-state index is -0.0409. The van der Waals surface area contributed by atoms with E-state index in [4.69, 9.17) is 5.73 Å². The molecule has 0 saturated carbocycles. The number of halogens is 1. The lowest BCUT2D eigenvalue weighted by atomic mass is 9.91. The van der Waals surface area contributed by atoms with Crippen LogP contribution in [0.15, 0.2) is 18.2 Å². The Hall–Kier alpha value is -0.930.